The number of hydrogen-bond donors (Lipinski definition) is 1. The van der Waals surface area contributed by atoms with Crippen molar-refractivity contribution in [3.05, 3.63) is 80.3 Å². The summed E-state index contributed by atoms with van der Waals surface area (Å²) in [5, 5.41) is 25.9. The number of nitrogens with zero attached hydrogens (tertiary/aromatic N) is 6. The number of benzene rings is 2. The summed E-state index contributed by atoms with van der Waals surface area (Å²) >= 11 is 23.5. The average Bonchev–Trinajstić information content (AvgIpc) is 3.45. The lowest BCUT2D eigenvalue weighted by Gasteiger charge is -2.02. The Hall–Kier alpha value is -3.18. The van der Waals surface area contributed by atoms with Crippen molar-refractivity contribution in [1.29, 1.82) is 0 Å². The zero-order valence-electron chi connectivity index (χ0n) is 17.2. The van der Waals surface area contributed by atoms with E-state index >= 15 is 0 Å². The molecule has 2 heterocycles. The number of carbonyl (C=O) groups excluding carboxylic acids is 1. The minimum Gasteiger partial charge on any atom is -0.476 e. The Labute approximate surface area is 212 Å². The van der Waals surface area contributed by atoms with Gasteiger partial charge in [-0.25, -0.2) is 9.59 Å². The Morgan fingerprint density at radius 3 is 1.74 bits per heavy atom. The Morgan fingerprint density at radius 2 is 1.32 bits per heavy atom. The second kappa shape index (κ2) is 11.3. The molecule has 0 saturated carbocycles. The highest BCUT2D eigenvalue weighted by Crippen LogP contribution is 2.24. The van der Waals surface area contributed by atoms with Gasteiger partial charge in [0.15, 0.2) is 11.4 Å². The average molecular weight is 544 g/mol. The van der Waals surface area contributed by atoms with E-state index in [1.807, 2.05) is 0 Å². The summed E-state index contributed by atoms with van der Waals surface area (Å²) in [6.07, 6.45) is 2.47. The number of aromatic nitrogens is 6. The molecule has 14 heteroatoms. The second-order valence-corrected chi connectivity index (χ2v) is 7.94. The maximum absolute atomic E-state index is 11.4. The lowest BCUT2D eigenvalue weighted by molar-refractivity contribution is 0.0518. The van der Waals surface area contributed by atoms with Crippen LogP contribution in [0.5, 0.6) is 0 Å². The van der Waals surface area contributed by atoms with Crippen LogP contribution in [-0.2, 0) is 4.74 Å². The fourth-order valence-corrected chi connectivity index (χ4v) is 3.41. The van der Waals surface area contributed by atoms with Gasteiger partial charge >= 0.3 is 11.9 Å². The van der Waals surface area contributed by atoms with E-state index in [-0.39, 0.29) is 18.0 Å². The SMILES string of the molecule is CCOC(=O)c1cnn(-c2ccc(Cl)cc2Cl)n1.O=C(O)c1cnn(-c2ccc(Cl)cc2Cl)n1. The van der Waals surface area contributed by atoms with E-state index in [0.717, 1.165) is 11.0 Å². The summed E-state index contributed by atoms with van der Waals surface area (Å²) in [4.78, 5) is 24.4. The van der Waals surface area contributed by atoms with Gasteiger partial charge in [0.05, 0.1) is 29.0 Å². The van der Waals surface area contributed by atoms with Gasteiger partial charge < -0.3 is 9.84 Å². The first kappa shape index (κ1) is 25.4. The van der Waals surface area contributed by atoms with Gasteiger partial charge in [0, 0.05) is 10.0 Å². The molecule has 0 aliphatic carbocycles. The number of carboxylic acid groups (broad SMARTS) is 1. The molecule has 0 amide bonds. The number of aromatic carboxylic acids is 1. The van der Waals surface area contributed by atoms with Crippen molar-refractivity contribution in [1.82, 2.24) is 30.0 Å². The van der Waals surface area contributed by atoms with E-state index in [1.54, 1.807) is 37.3 Å². The summed E-state index contributed by atoms with van der Waals surface area (Å²) in [6.45, 7) is 2.01. The highest BCUT2D eigenvalue weighted by atomic mass is 35.5. The highest BCUT2D eigenvalue weighted by molar-refractivity contribution is 6.36. The normalized spacial score (nSPS) is 10.4. The summed E-state index contributed by atoms with van der Waals surface area (Å²) in [7, 11) is 0. The molecular weight excluding hydrogens is 530 g/mol. The number of halogens is 4. The second-order valence-electron chi connectivity index (χ2n) is 6.26. The molecule has 2 aromatic carbocycles. The molecule has 34 heavy (non-hydrogen) atoms. The molecule has 0 bridgehead atoms. The van der Waals surface area contributed by atoms with Gasteiger partial charge in [0.25, 0.3) is 0 Å². The summed E-state index contributed by atoms with van der Waals surface area (Å²) in [5.74, 6) is -1.66. The van der Waals surface area contributed by atoms with E-state index in [1.165, 1.54) is 17.1 Å². The van der Waals surface area contributed by atoms with Crippen LogP contribution in [0.4, 0.5) is 0 Å². The van der Waals surface area contributed by atoms with Crippen LogP contribution >= 0.6 is 46.4 Å². The zero-order valence-corrected chi connectivity index (χ0v) is 20.2. The number of carboxylic acids is 1. The predicted molar refractivity (Wildman–Crippen MR) is 126 cm³/mol. The molecule has 0 saturated heterocycles. The number of rotatable bonds is 5. The molecule has 0 aliphatic rings. The van der Waals surface area contributed by atoms with E-state index < -0.39 is 11.9 Å². The fourth-order valence-electron chi connectivity index (χ4n) is 2.44. The van der Waals surface area contributed by atoms with Crippen LogP contribution in [0.1, 0.15) is 27.9 Å². The van der Waals surface area contributed by atoms with Crippen molar-refractivity contribution in [2.24, 2.45) is 0 Å². The molecule has 0 spiro atoms. The maximum atomic E-state index is 11.4. The highest BCUT2D eigenvalue weighted by Gasteiger charge is 2.14. The molecule has 0 atom stereocenters. The molecule has 0 radical (unpaired) electrons. The molecule has 4 rings (SSSR count). The first-order chi connectivity index (χ1) is 16.2. The number of esters is 1. The van der Waals surface area contributed by atoms with Crippen LogP contribution in [-0.4, -0.2) is 53.6 Å². The monoisotopic (exact) mass is 542 g/mol. The first-order valence-corrected chi connectivity index (χ1v) is 10.9. The summed E-state index contributed by atoms with van der Waals surface area (Å²) in [5.41, 5.74) is 0.990. The third-order valence-electron chi connectivity index (χ3n) is 3.94. The molecule has 0 fully saturated rings. The van der Waals surface area contributed by atoms with Crippen LogP contribution in [0.25, 0.3) is 11.4 Å². The van der Waals surface area contributed by atoms with Crippen molar-refractivity contribution >= 4 is 58.3 Å². The largest absolute Gasteiger partial charge is 0.476 e. The van der Waals surface area contributed by atoms with E-state index in [4.69, 9.17) is 56.2 Å². The standard InChI is InChI=1S/C11H9Cl2N3O2.C9H5Cl2N3O2/c1-2-18-11(17)9-6-14-16(15-9)10-4-3-7(12)5-8(10)13;10-5-1-2-8(6(11)3-5)14-12-4-7(13-14)9(15)16/h3-6H,2H2,1H3;1-4H,(H,15,16). The minimum atomic E-state index is -1.14. The fraction of sp³-hybridized carbons (Fsp3) is 0.100. The number of carbonyl (C=O) groups is 2. The smallest absolute Gasteiger partial charge is 0.360 e. The van der Waals surface area contributed by atoms with E-state index in [9.17, 15) is 9.59 Å². The number of ether oxygens (including phenoxy) is 1. The van der Waals surface area contributed by atoms with Gasteiger partial charge in [0.2, 0.25) is 0 Å². The Kier molecular flexibility index (Phi) is 8.46. The minimum absolute atomic E-state index is 0.128. The van der Waals surface area contributed by atoms with Crippen LogP contribution in [0, 0.1) is 0 Å². The zero-order chi connectivity index (χ0) is 24.8. The van der Waals surface area contributed by atoms with Crippen molar-refractivity contribution in [2.45, 2.75) is 6.92 Å². The van der Waals surface area contributed by atoms with E-state index in [2.05, 4.69) is 20.4 Å². The van der Waals surface area contributed by atoms with Crippen molar-refractivity contribution < 1.29 is 19.4 Å². The summed E-state index contributed by atoms with van der Waals surface area (Å²) < 4.78 is 4.82. The van der Waals surface area contributed by atoms with Gasteiger partial charge in [-0.3, -0.25) is 0 Å². The van der Waals surface area contributed by atoms with Crippen LogP contribution < -0.4 is 0 Å². The van der Waals surface area contributed by atoms with Crippen molar-refractivity contribution in [3.8, 4) is 11.4 Å². The molecule has 10 nitrogen and oxygen atoms in total. The summed E-state index contributed by atoms with van der Waals surface area (Å²) in [6, 6.07) is 9.66. The molecule has 0 unspecified atom stereocenters. The van der Waals surface area contributed by atoms with Gasteiger partial charge in [-0.15, -0.1) is 19.8 Å². The molecule has 1 N–H and O–H groups in total. The Balaban J connectivity index is 0.000000192. The molecule has 176 valence electrons. The number of hydrogen-bond acceptors (Lipinski definition) is 7. The van der Waals surface area contributed by atoms with Crippen molar-refractivity contribution in [2.75, 3.05) is 6.61 Å². The van der Waals surface area contributed by atoms with Gasteiger partial charge in [-0.05, 0) is 43.3 Å². The van der Waals surface area contributed by atoms with Gasteiger partial charge in [0.1, 0.15) is 11.4 Å². The maximum Gasteiger partial charge on any atom is 0.360 e. The first-order valence-electron chi connectivity index (χ1n) is 9.35. The molecule has 4 aromatic rings. The lowest BCUT2D eigenvalue weighted by Crippen LogP contribution is -2.07. The molecular formula is C20H14Cl4N6O4. The third-order valence-corrected chi connectivity index (χ3v) is 5.01. The topological polar surface area (TPSA) is 125 Å². The third kappa shape index (κ3) is 6.23. The molecule has 2 aromatic heterocycles. The Morgan fingerprint density at radius 1 is 0.853 bits per heavy atom. The lowest BCUT2D eigenvalue weighted by atomic mass is 10.3. The van der Waals surface area contributed by atoms with Crippen LogP contribution in [0.15, 0.2) is 48.8 Å². The van der Waals surface area contributed by atoms with Crippen LogP contribution in [0.3, 0.4) is 0 Å². The predicted octanol–water partition coefficient (Wildman–Crippen LogP) is 5.02. The van der Waals surface area contributed by atoms with Gasteiger partial charge in [-0.1, -0.05) is 46.4 Å². The molecule has 0 aliphatic heterocycles. The van der Waals surface area contributed by atoms with Crippen LogP contribution in [0.2, 0.25) is 20.1 Å². The van der Waals surface area contributed by atoms with Gasteiger partial charge in [-0.2, -0.15) is 10.2 Å². The quantitative estimate of drug-likeness (QED) is 0.348. The van der Waals surface area contributed by atoms with E-state index in [0.29, 0.717) is 31.5 Å². The van der Waals surface area contributed by atoms with Crippen molar-refractivity contribution in [3.63, 3.8) is 0 Å². The Bertz CT molecular complexity index is 1340.